The molecule has 1 aromatic heterocycles. The predicted octanol–water partition coefficient (Wildman–Crippen LogP) is 4.38. The molecular formula is C15H18O. The molecule has 0 aliphatic rings. The summed E-state index contributed by atoms with van der Waals surface area (Å²) in [4.78, 5) is 0. The number of aryl methyl sites for hydroxylation is 3. The number of hydrogen-bond donors (Lipinski definition) is 0. The highest BCUT2D eigenvalue weighted by molar-refractivity contribution is 5.67. The summed E-state index contributed by atoms with van der Waals surface area (Å²) in [5.74, 6) is 0.994. The Labute approximate surface area is 97.1 Å². The summed E-state index contributed by atoms with van der Waals surface area (Å²) in [6.45, 7) is 6.55. The number of benzene rings is 1. The largest absolute Gasteiger partial charge is 0.464 e. The van der Waals surface area contributed by atoms with Crippen LogP contribution in [0.2, 0.25) is 0 Å². The van der Waals surface area contributed by atoms with E-state index in [1.165, 1.54) is 22.3 Å². The lowest BCUT2D eigenvalue weighted by Crippen LogP contribution is -1.95. The van der Waals surface area contributed by atoms with Gasteiger partial charge in [0.05, 0.1) is 6.26 Å². The number of furan rings is 1. The van der Waals surface area contributed by atoms with Gasteiger partial charge in [-0.3, -0.25) is 0 Å². The van der Waals surface area contributed by atoms with Gasteiger partial charge < -0.3 is 4.42 Å². The Bertz CT molecular complexity index is 441. The molecule has 1 aromatic carbocycles. The molecular weight excluding hydrogens is 196 g/mol. The molecule has 0 aliphatic heterocycles. The van der Waals surface area contributed by atoms with Crippen LogP contribution in [0.4, 0.5) is 0 Å². The summed E-state index contributed by atoms with van der Waals surface area (Å²) in [6.07, 6.45) is 3.84. The van der Waals surface area contributed by atoms with Crippen molar-refractivity contribution in [3.05, 3.63) is 47.2 Å². The summed E-state index contributed by atoms with van der Waals surface area (Å²) in [5.41, 5.74) is 5.39. The fraction of sp³-hybridized carbons (Fsp3) is 0.333. The molecule has 0 saturated carbocycles. The molecule has 1 heteroatoms. The van der Waals surface area contributed by atoms with E-state index >= 15 is 0 Å². The molecule has 0 spiro atoms. The fourth-order valence-electron chi connectivity index (χ4n) is 2.24. The van der Waals surface area contributed by atoms with E-state index in [1.807, 2.05) is 12.1 Å². The lowest BCUT2D eigenvalue weighted by Gasteiger charge is -2.12. The summed E-state index contributed by atoms with van der Waals surface area (Å²) >= 11 is 0. The third kappa shape index (κ3) is 1.90. The summed E-state index contributed by atoms with van der Waals surface area (Å²) in [6, 6.07) is 8.52. The van der Waals surface area contributed by atoms with Crippen molar-refractivity contribution >= 4 is 0 Å². The van der Waals surface area contributed by atoms with Crippen LogP contribution in [0.25, 0.3) is 11.3 Å². The highest BCUT2D eigenvalue weighted by Gasteiger charge is 2.11. The predicted molar refractivity (Wildman–Crippen MR) is 67.6 cm³/mol. The highest BCUT2D eigenvalue weighted by Crippen LogP contribution is 2.30. The van der Waals surface area contributed by atoms with Crippen molar-refractivity contribution in [2.45, 2.75) is 33.6 Å². The van der Waals surface area contributed by atoms with Crippen molar-refractivity contribution in [2.75, 3.05) is 0 Å². The van der Waals surface area contributed by atoms with Crippen LogP contribution in [-0.4, -0.2) is 0 Å². The van der Waals surface area contributed by atoms with E-state index in [9.17, 15) is 0 Å². The summed E-state index contributed by atoms with van der Waals surface area (Å²) in [5, 5.41) is 0. The maximum absolute atomic E-state index is 5.54. The molecule has 0 aliphatic carbocycles. The maximum Gasteiger partial charge on any atom is 0.134 e. The fourth-order valence-corrected chi connectivity index (χ4v) is 2.24. The first-order valence-corrected chi connectivity index (χ1v) is 5.92. The molecule has 0 bridgehead atoms. The lowest BCUT2D eigenvalue weighted by molar-refractivity contribution is 0.581. The van der Waals surface area contributed by atoms with Crippen molar-refractivity contribution in [1.29, 1.82) is 0 Å². The first-order chi connectivity index (χ1) is 7.76. The van der Waals surface area contributed by atoms with Crippen molar-refractivity contribution in [3.8, 4) is 11.3 Å². The first kappa shape index (κ1) is 11.0. The molecule has 84 valence electrons. The Morgan fingerprint density at radius 3 is 2.12 bits per heavy atom. The molecule has 0 unspecified atom stereocenters. The highest BCUT2D eigenvalue weighted by atomic mass is 16.3. The van der Waals surface area contributed by atoms with Crippen LogP contribution in [0.15, 0.2) is 34.9 Å². The van der Waals surface area contributed by atoms with Crippen molar-refractivity contribution in [1.82, 2.24) is 0 Å². The van der Waals surface area contributed by atoms with Gasteiger partial charge in [-0.2, -0.15) is 0 Å². The zero-order chi connectivity index (χ0) is 11.5. The average molecular weight is 214 g/mol. The third-order valence-electron chi connectivity index (χ3n) is 2.98. The molecule has 2 rings (SSSR count). The molecule has 0 amide bonds. The first-order valence-electron chi connectivity index (χ1n) is 5.92. The normalized spacial score (nSPS) is 10.7. The van der Waals surface area contributed by atoms with Gasteiger partial charge in [0.2, 0.25) is 0 Å². The van der Waals surface area contributed by atoms with Crippen molar-refractivity contribution in [3.63, 3.8) is 0 Å². The SMILES string of the molecule is CCc1cc(C)cc(CC)c1-c1ccco1. The van der Waals surface area contributed by atoms with Gasteiger partial charge >= 0.3 is 0 Å². The second-order valence-electron chi connectivity index (χ2n) is 4.14. The van der Waals surface area contributed by atoms with Crippen LogP contribution in [0.5, 0.6) is 0 Å². The molecule has 0 N–H and O–H groups in total. The minimum Gasteiger partial charge on any atom is -0.464 e. The molecule has 0 fully saturated rings. The van der Waals surface area contributed by atoms with Gasteiger partial charge in [0.1, 0.15) is 5.76 Å². The van der Waals surface area contributed by atoms with Gasteiger partial charge in [0, 0.05) is 5.56 Å². The number of rotatable bonds is 3. The van der Waals surface area contributed by atoms with Crippen LogP contribution in [0.1, 0.15) is 30.5 Å². The van der Waals surface area contributed by atoms with Crippen LogP contribution in [0, 0.1) is 6.92 Å². The second kappa shape index (κ2) is 4.56. The van der Waals surface area contributed by atoms with Crippen LogP contribution in [0.3, 0.4) is 0 Å². The monoisotopic (exact) mass is 214 g/mol. The second-order valence-corrected chi connectivity index (χ2v) is 4.14. The zero-order valence-electron chi connectivity index (χ0n) is 10.2. The smallest absolute Gasteiger partial charge is 0.134 e. The van der Waals surface area contributed by atoms with Gasteiger partial charge in [-0.15, -0.1) is 0 Å². The Kier molecular flexibility index (Phi) is 3.14. The quantitative estimate of drug-likeness (QED) is 0.739. The minimum absolute atomic E-state index is 0.994. The Morgan fingerprint density at radius 2 is 1.69 bits per heavy atom. The number of hydrogen-bond acceptors (Lipinski definition) is 1. The van der Waals surface area contributed by atoms with Gasteiger partial charge in [-0.05, 0) is 43.0 Å². The molecule has 16 heavy (non-hydrogen) atoms. The molecule has 0 radical (unpaired) electrons. The third-order valence-corrected chi connectivity index (χ3v) is 2.98. The van der Waals surface area contributed by atoms with Crippen molar-refractivity contribution in [2.24, 2.45) is 0 Å². The van der Waals surface area contributed by atoms with E-state index < -0.39 is 0 Å². The van der Waals surface area contributed by atoms with E-state index in [4.69, 9.17) is 4.42 Å². The van der Waals surface area contributed by atoms with E-state index in [0.29, 0.717) is 0 Å². The topological polar surface area (TPSA) is 13.1 Å². The van der Waals surface area contributed by atoms with Gasteiger partial charge in [-0.25, -0.2) is 0 Å². The standard InChI is InChI=1S/C15H18O/c1-4-12-9-11(3)10-13(5-2)15(12)14-7-6-8-16-14/h6-10H,4-5H2,1-3H3. The Balaban J connectivity index is 2.65. The van der Waals surface area contributed by atoms with Gasteiger partial charge in [0.15, 0.2) is 0 Å². The molecule has 1 heterocycles. The van der Waals surface area contributed by atoms with E-state index in [1.54, 1.807) is 6.26 Å². The van der Waals surface area contributed by atoms with Crippen molar-refractivity contribution < 1.29 is 4.42 Å². The minimum atomic E-state index is 0.994. The molecule has 1 nitrogen and oxygen atoms in total. The average Bonchev–Trinajstić information content (AvgIpc) is 2.80. The Morgan fingerprint density at radius 1 is 1.06 bits per heavy atom. The molecule has 0 atom stereocenters. The summed E-state index contributed by atoms with van der Waals surface area (Å²) in [7, 11) is 0. The van der Waals surface area contributed by atoms with Gasteiger partial charge in [-0.1, -0.05) is 31.5 Å². The summed E-state index contributed by atoms with van der Waals surface area (Å²) < 4.78 is 5.54. The van der Waals surface area contributed by atoms with E-state index in [-0.39, 0.29) is 0 Å². The van der Waals surface area contributed by atoms with Crippen LogP contribution >= 0.6 is 0 Å². The molecule has 2 aromatic rings. The van der Waals surface area contributed by atoms with E-state index in [2.05, 4.69) is 32.9 Å². The lowest BCUT2D eigenvalue weighted by atomic mass is 9.93. The maximum atomic E-state index is 5.54. The van der Waals surface area contributed by atoms with Gasteiger partial charge in [0.25, 0.3) is 0 Å². The zero-order valence-corrected chi connectivity index (χ0v) is 10.2. The molecule has 0 saturated heterocycles. The van der Waals surface area contributed by atoms with E-state index in [0.717, 1.165) is 18.6 Å². The van der Waals surface area contributed by atoms with Crippen LogP contribution in [-0.2, 0) is 12.8 Å². The van der Waals surface area contributed by atoms with Crippen LogP contribution < -0.4 is 0 Å². The Hall–Kier alpha value is -1.50.